The van der Waals surface area contributed by atoms with E-state index in [1.165, 1.54) is 0 Å². The molecule has 0 fully saturated rings. The minimum absolute atomic E-state index is 0.0150. The smallest absolute Gasteiger partial charge is 0.148 e. The molecule has 1 unspecified atom stereocenters. The monoisotopic (exact) mass is 470 g/mol. The summed E-state index contributed by atoms with van der Waals surface area (Å²) in [7, 11) is 0. The first-order valence-electron chi connectivity index (χ1n) is 5.11. The van der Waals surface area contributed by atoms with Crippen LogP contribution < -0.4 is 5.73 Å². The predicted molar refractivity (Wildman–Crippen MR) is 84.8 cm³/mol. The second kappa shape index (κ2) is 6.18. The minimum Gasteiger partial charge on any atom is -0.319 e. The molecule has 0 saturated heterocycles. The van der Waals surface area contributed by atoms with Gasteiger partial charge in [0.05, 0.1) is 16.8 Å². The molecule has 2 N–H and O–H groups in total. The lowest BCUT2D eigenvalue weighted by molar-refractivity contribution is 0.596. The summed E-state index contributed by atoms with van der Waals surface area (Å²) in [6.45, 7) is 0. The fourth-order valence-electron chi connectivity index (χ4n) is 1.58. The number of halogens is 5. The average Bonchev–Trinajstić information content (AvgIpc) is 2.35. The normalized spacial score (nSPS) is 12.5. The molecule has 0 amide bonds. The van der Waals surface area contributed by atoms with Crippen molar-refractivity contribution >= 4 is 59.4 Å². The molecule has 1 aromatic carbocycles. The van der Waals surface area contributed by atoms with Crippen molar-refractivity contribution in [3.8, 4) is 0 Å². The molecule has 0 spiro atoms. The second-order valence-electron chi connectivity index (χ2n) is 3.76. The maximum atomic E-state index is 14.1. The van der Waals surface area contributed by atoms with E-state index in [1.54, 1.807) is 24.4 Å². The van der Waals surface area contributed by atoms with Crippen LogP contribution in [0.15, 0.2) is 37.8 Å². The Morgan fingerprint density at radius 3 is 2.53 bits per heavy atom. The molecule has 1 heterocycles. The van der Waals surface area contributed by atoms with Crippen molar-refractivity contribution in [2.24, 2.45) is 5.73 Å². The van der Waals surface area contributed by atoms with Crippen LogP contribution in [0.4, 0.5) is 4.39 Å². The van der Waals surface area contributed by atoms with Crippen molar-refractivity contribution in [2.45, 2.75) is 6.04 Å². The Labute approximate surface area is 139 Å². The number of pyridine rings is 1. The van der Waals surface area contributed by atoms with Crippen molar-refractivity contribution in [1.29, 1.82) is 0 Å². The SMILES string of the molecule is NC(c1ccc(Br)c(Cl)c1F)c1ncc(Br)cc1Br. The zero-order chi connectivity index (χ0) is 14.2. The van der Waals surface area contributed by atoms with Gasteiger partial charge in [-0.1, -0.05) is 17.7 Å². The Morgan fingerprint density at radius 1 is 1.21 bits per heavy atom. The highest BCUT2D eigenvalue weighted by atomic mass is 79.9. The second-order valence-corrected chi connectivity index (χ2v) is 6.77. The lowest BCUT2D eigenvalue weighted by Crippen LogP contribution is -2.16. The van der Waals surface area contributed by atoms with Crippen LogP contribution in [0, 0.1) is 5.82 Å². The van der Waals surface area contributed by atoms with Crippen LogP contribution in [-0.4, -0.2) is 4.98 Å². The van der Waals surface area contributed by atoms with Gasteiger partial charge in [-0.3, -0.25) is 4.98 Å². The molecule has 2 aromatic rings. The van der Waals surface area contributed by atoms with Crippen molar-refractivity contribution in [3.63, 3.8) is 0 Å². The molecule has 0 aliphatic heterocycles. The Hall–Kier alpha value is -0.0100. The molecule has 0 saturated carbocycles. The Bertz CT molecular complexity index is 637. The number of hydrogen-bond donors (Lipinski definition) is 1. The summed E-state index contributed by atoms with van der Waals surface area (Å²) in [5.74, 6) is -0.542. The van der Waals surface area contributed by atoms with Gasteiger partial charge in [-0.2, -0.15) is 0 Å². The molecular formula is C12H7Br3ClFN2. The molecule has 7 heteroatoms. The first kappa shape index (κ1) is 15.4. The Morgan fingerprint density at radius 2 is 1.89 bits per heavy atom. The van der Waals surface area contributed by atoms with Gasteiger partial charge >= 0.3 is 0 Å². The van der Waals surface area contributed by atoms with Gasteiger partial charge < -0.3 is 5.73 Å². The van der Waals surface area contributed by atoms with E-state index in [0.717, 1.165) is 4.47 Å². The van der Waals surface area contributed by atoms with Gasteiger partial charge in [0.15, 0.2) is 0 Å². The molecule has 0 aliphatic carbocycles. The maximum Gasteiger partial charge on any atom is 0.148 e. The van der Waals surface area contributed by atoms with Gasteiger partial charge in [0, 0.05) is 25.2 Å². The number of hydrogen-bond acceptors (Lipinski definition) is 2. The molecule has 0 bridgehead atoms. The van der Waals surface area contributed by atoms with E-state index in [0.29, 0.717) is 20.2 Å². The van der Waals surface area contributed by atoms with Gasteiger partial charge in [-0.25, -0.2) is 4.39 Å². The molecule has 1 atom stereocenters. The highest BCUT2D eigenvalue weighted by Gasteiger charge is 2.20. The van der Waals surface area contributed by atoms with Gasteiger partial charge in [-0.15, -0.1) is 0 Å². The molecular weight excluding hydrogens is 466 g/mol. The Kier molecular flexibility index (Phi) is 5.00. The highest BCUT2D eigenvalue weighted by molar-refractivity contribution is 9.11. The molecule has 19 heavy (non-hydrogen) atoms. The lowest BCUT2D eigenvalue weighted by atomic mass is 10.0. The molecule has 2 nitrogen and oxygen atoms in total. The largest absolute Gasteiger partial charge is 0.319 e. The van der Waals surface area contributed by atoms with E-state index < -0.39 is 11.9 Å². The van der Waals surface area contributed by atoms with E-state index in [9.17, 15) is 4.39 Å². The fraction of sp³-hybridized carbons (Fsp3) is 0.0833. The summed E-state index contributed by atoms with van der Waals surface area (Å²) < 4.78 is 16.1. The number of rotatable bonds is 2. The predicted octanol–water partition coefficient (Wildman–Crippen LogP) is 5.21. The van der Waals surface area contributed by atoms with E-state index in [4.69, 9.17) is 17.3 Å². The number of aromatic nitrogens is 1. The fourth-order valence-corrected chi connectivity index (χ4v) is 3.29. The number of nitrogens with two attached hydrogens (primary N) is 1. The van der Waals surface area contributed by atoms with Crippen molar-refractivity contribution in [3.05, 3.63) is 59.9 Å². The molecule has 2 rings (SSSR count). The van der Waals surface area contributed by atoms with E-state index >= 15 is 0 Å². The third-order valence-corrected chi connectivity index (χ3v) is 4.86. The van der Waals surface area contributed by atoms with Crippen molar-refractivity contribution < 1.29 is 4.39 Å². The topological polar surface area (TPSA) is 38.9 Å². The maximum absolute atomic E-state index is 14.1. The third kappa shape index (κ3) is 3.19. The van der Waals surface area contributed by atoms with E-state index in [1.807, 2.05) is 0 Å². The van der Waals surface area contributed by atoms with Gasteiger partial charge in [0.1, 0.15) is 5.82 Å². The summed E-state index contributed by atoms with van der Waals surface area (Å²) in [6, 6.07) is 4.35. The molecule has 1 aromatic heterocycles. The summed E-state index contributed by atoms with van der Waals surface area (Å²) in [4.78, 5) is 4.21. The Balaban J connectivity index is 2.50. The quantitative estimate of drug-likeness (QED) is 0.609. The van der Waals surface area contributed by atoms with Crippen molar-refractivity contribution in [2.75, 3.05) is 0 Å². The van der Waals surface area contributed by atoms with Crippen LogP contribution in [0.1, 0.15) is 17.3 Å². The van der Waals surface area contributed by atoms with Crippen LogP contribution in [-0.2, 0) is 0 Å². The first-order valence-corrected chi connectivity index (χ1v) is 7.87. The van der Waals surface area contributed by atoms with Gasteiger partial charge in [-0.05, 0) is 59.9 Å². The summed E-state index contributed by atoms with van der Waals surface area (Å²) in [6.07, 6.45) is 1.61. The number of benzene rings is 1. The highest BCUT2D eigenvalue weighted by Crippen LogP contribution is 2.33. The molecule has 0 aliphatic rings. The summed E-state index contributed by atoms with van der Waals surface area (Å²) >= 11 is 15.7. The lowest BCUT2D eigenvalue weighted by Gasteiger charge is -2.15. The molecule has 100 valence electrons. The number of nitrogens with zero attached hydrogens (tertiary/aromatic N) is 1. The van der Waals surface area contributed by atoms with Crippen LogP contribution in [0.25, 0.3) is 0 Å². The van der Waals surface area contributed by atoms with Crippen LogP contribution >= 0.6 is 59.4 Å². The third-order valence-electron chi connectivity index (χ3n) is 2.53. The van der Waals surface area contributed by atoms with Gasteiger partial charge in [0.2, 0.25) is 0 Å². The zero-order valence-corrected chi connectivity index (χ0v) is 14.8. The van der Waals surface area contributed by atoms with Crippen LogP contribution in [0.5, 0.6) is 0 Å². The summed E-state index contributed by atoms with van der Waals surface area (Å²) in [5.41, 5.74) is 6.90. The average molecular weight is 473 g/mol. The first-order chi connectivity index (χ1) is 8.91. The van der Waals surface area contributed by atoms with Crippen LogP contribution in [0.2, 0.25) is 5.02 Å². The minimum atomic E-state index is -0.701. The molecule has 0 radical (unpaired) electrons. The summed E-state index contributed by atoms with van der Waals surface area (Å²) in [5, 5.41) is 0.0150. The van der Waals surface area contributed by atoms with E-state index in [-0.39, 0.29) is 5.02 Å². The zero-order valence-electron chi connectivity index (χ0n) is 9.30. The van der Waals surface area contributed by atoms with Crippen LogP contribution in [0.3, 0.4) is 0 Å². The van der Waals surface area contributed by atoms with Gasteiger partial charge in [0.25, 0.3) is 0 Å². The standard InChI is InChI=1S/C12H7Br3ClFN2/c13-5-3-8(15)12(19-4-5)11(18)6-1-2-7(14)9(16)10(6)17/h1-4,11H,18H2. The van der Waals surface area contributed by atoms with Crippen molar-refractivity contribution in [1.82, 2.24) is 4.98 Å². The van der Waals surface area contributed by atoms with E-state index in [2.05, 4.69) is 52.8 Å².